The highest BCUT2D eigenvalue weighted by Crippen LogP contribution is 2.23. The van der Waals surface area contributed by atoms with Crippen molar-refractivity contribution in [3.8, 4) is 0 Å². The number of fused-ring (bicyclic) bond motifs is 1. The number of Topliss-reactive ketones (excluding diaryl/α,β-unsaturated/α-hetero) is 1. The normalized spacial score (nSPS) is 11.0. The zero-order valence-electron chi connectivity index (χ0n) is 18.1. The number of esters is 1. The maximum absolute atomic E-state index is 12.8. The summed E-state index contributed by atoms with van der Waals surface area (Å²) >= 11 is 0. The van der Waals surface area contributed by atoms with Gasteiger partial charge in [-0.05, 0) is 32.0 Å². The maximum atomic E-state index is 12.8. The molecular formula is C23H27N3O4. The number of ether oxygens (including phenoxy) is 2. The molecule has 0 aliphatic carbocycles. The van der Waals surface area contributed by atoms with Crippen LogP contribution in [0.4, 0.5) is 5.82 Å². The Bertz CT molecular complexity index is 1090. The molecule has 158 valence electrons. The van der Waals surface area contributed by atoms with E-state index in [1.54, 1.807) is 13.2 Å². The number of carbonyl (C=O) groups is 2. The molecule has 2 heterocycles. The van der Waals surface area contributed by atoms with Gasteiger partial charge in [-0.3, -0.25) is 4.79 Å². The van der Waals surface area contributed by atoms with Gasteiger partial charge in [0.15, 0.2) is 6.61 Å². The van der Waals surface area contributed by atoms with Gasteiger partial charge in [0.1, 0.15) is 5.82 Å². The molecule has 0 atom stereocenters. The number of para-hydroxylation sites is 1. The first-order valence-electron chi connectivity index (χ1n) is 9.76. The molecule has 30 heavy (non-hydrogen) atoms. The number of aryl methyl sites for hydroxylation is 1. The van der Waals surface area contributed by atoms with Crippen LogP contribution in [0, 0.1) is 13.8 Å². The van der Waals surface area contributed by atoms with Crippen LogP contribution in [0.5, 0.6) is 0 Å². The SMILES string of the molecule is COCCn1c(C)cc(C(=O)COC(=O)c2cc(N(C)C)nc3ccccc23)c1C. The average molecular weight is 409 g/mol. The van der Waals surface area contributed by atoms with Gasteiger partial charge in [-0.1, -0.05) is 18.2 Å². The van der Waals surface area contributed by atoms with E-state index in [1.807, 2.05) is 67.7 Å². The Morgan fingerprint density at radius 2 is 1.83 bits per heavy atom. The molecule has 0 radical (unpaired) electrons. The molecule has 0 bridgehead atoms. The number of pyridine rings is 1. The molecule has 3 rings (SSSR count). The number of methoxy groups -OCH3 is 1. The summed E-state index contributed by atoms with van der Waals surface area (Å²) in [6.45, 7) is 4.73. The predicted octanol–water partition coefficient (Wildman–Crippen LogP) is 3.41. The summed E-state index contributed by atoms with van der Waals surface area (Å²) in [5, 5.41) is 0.693. The number of benzene rings is 1. The third-order valence-electron chi connectivity index (χ3n) is 5.11. The molecule has 3 aromatic rings. The van der Waals surface area contributed by atoms with Crippen LogP contribution in [0.2, 0.25) is 0 Å². The Balaban J connectivity index is 1.80. The summed E-state index contributed by atoms with van der Waals surface area (Å²) in [7, 11) is 5.36. The van der Waals surface area contributed by atoms with Gasteiger partial charge in [-0.2, -0.15) is 0 Å². The van der Waals surface area contributed by atoms with Crippen molar-refractivity contribution < 1.29 is 19.1 Å². The molecule has 0 saturated heterocycles. The van der Waals surface area contributed by atoms with E-state index in [2.05, 4.69) is 4.98 Å². The van der Waals surface area contributed by atoms with Crippen LogP contribution in [0.1, 0.15) is 32.1 Å². The Kier molecular flexibility index (Phi) is 6.52. The second-order valence-electron chi connectivity index (χ2n) is 7.37. The minimum Gasteiger partial charge on any atom is -0.454 e. The number of hydrogen-bond acceptors (Lipinski definition) is 6. The van der Waals surface area contributed by atoms with Gasteiger partial charge in [0.2, 0.25) is 5.78 Å². The predicted molar refractivity (Wildman–Crippen MR) is 116 cm³/mol. The van der Waals surface area contributed by atoms with E-state index in [9.17, 15) is 9.59 Å². The fourth-order valence-corrected chi connectivity index (χ4v) is 3.46. The van der Waals surface area contributed by atoms with Crippen molar-refractivity contribution in [3.63, 3.8) is 0 Å². The number of anilines is 1. The highest BCUT2D eigenvalue weighted by Gasteiger charge is 2.20. The van der Waals surface area contributed by atoms with E-state index in [-0.39, 0.29) is 12.4 Å². The van der Waals surface area contributed by atoms with Crippen LogP contribution >= 0.6 is 0 Å². The van der Waals surface area contributed by atoms with E-state index in [0.717, 1.165) is 11.4 Å². The first-order chi connectivity index (χ1) is 14.3. The monoisotopic (exact) mass is 409 g/mol. The number of carbonyl (C=O) groups excluding carboxylic acids is 2. The number of nitrogens with zero attached hydrogens (tertiary/aromatic N) is 3. The minimum atomic E-state index is -0.543. The molecule has 0 N–H and O–H groups in total. The van der Waals surface area contributed by atoms with Gasteiger partial charge in [-0.15, -0.1) is 0 Å². The van der Waals surface area contributed by atoms with Gasteiger partial charge in [-0.25, -0.2) is 9.78 Å². The van der Waals surface area contributed by atoms with Crippen molar-refractivity contribution in [2.45, 2.75) is 20.4 Å². The van der Waals surface area contributed by atoms with E-state index in [4.69, 9.17) is 9.47 Å². The summed E-state index contributed by atoms with van der Waals surface area (Å²) in [4.78, 5) is 31.9. The number of hydrogen-bond donors (Lipinski definition) is 0. The van der Waals surface area contributed by atoms with Crippen molar-refractivity contribution in [2.24, 2.45) is 0 Å². The van der Waals surface area contributed by atoms with Crippen molar-refractivity contribution in [2.75, 3.05) is 39.3 Å². The standard InChI is InChI=1S/C23H27N3O4/c1-15-12-18(16(2)26(15)10-11-29-5)21(27)14-30-23(28)19-13-22(25(3)4)24-20-9-7-6-8-17(19)20/h6-9,12-13H,10-11,14H2,1-5H3. The Morgan fingerprint density at radius 3 is 2.53 bits per heavy atom. The average Bonchev–Trinajstić information content (AvgIpc) is 3.02. The van der Waals surface area contributed by atoms with Crippen molar-refractivity contribution in [1.29, 1.82) is 0 Å². The van der Waals surface area contributed by atoms with Gasteiger partial charge in [0, 0.05) is 50.1 Å². The van der Waals surface area contributed by atoms with E-state index >= 15 is 0 Å². The second-order valence-corrected chi connectivity index (χ2v) is 7.37. The molecule has 0 aliphatic heterocycles. The summed E-state index contributed by atoms with van der Waals surface area (Å²) < 4.78 is 12.6. The van der Waals surface area contributed by atoms with Crippen molar-refractivity contribution in [3.05, 3.63) is 58.9 Å². The van der Waals surface area contributed by atoms with Gasteiger partial charge < -0.3 is 18.9 Å². The second kappa shape index (κ2) is 9.09. The highest BCUT2D eigenvalue weighted by molar-refractivity contribution is 6.06. The third-order valence-corrected chi connectivity index (χ3v) is 5.11. The largest absolute Gasteiger partial charge is 0.454 e. The van der Waals surface area contributed by atoms with Crippen LogP contribution in [-0.2, 0) is 16.0 Å². The van der Waals surface area contributed by atoms with Gasteiger partial charge in [0.05, 0.1) is 17.7 Å². The lowest BCUT2D eigenvalue weighted by Crippen LogP contribution is -2.17. The lowest BCUT2D eigenvalue weighted by Gasteiger charge is -2.14. The lowest BCUT2D eigenvalue weighted by molar-refractivity contribution is 0.0476. The minimum absolute atomic E-state index is 0.230. The molecule has 2 aromatic heterocycles. The Labute approximate surface area is 176 Å². The summed E-state index contributed by atoms with van der Waals surface area (Å²) in [6.07, 6.45) is 0. The molecule has 0 aliphatic rings. The molecule has 7 heteroatoms. The van der Waals surface area contributed by atoms with Crippen molar-refractivity contribution in [1.82, 2.24) is 9.55 Å². The fraction of sp³-hybridized carbons (Fsp3) is 0.348. The topological polar surface area (TPSA) is 73.7 Å². The Hall–Kier alpha value is -3.19. The van der Waals surface area contributed by atoms with Crippen LogP contribution in [0.25, 0.3) is 10.9 Å². The van der Waals surface area contributed by atoms with E-state index in [1.165, 1.54) is 0 Å². The molecule has 7 nitrogen and oxygen atoms in total. The molecule has 0 spiro atoms. The molecular weight excluding hydrogens is 382 g/mol. The van der Waals surface area contributed by atoms with Crippen LogP contribution in [0.15, 0.2) is 36.4 Å². The summed E-state index contributed by atoms with van der Waals surface area (Å²) in [6, 6.07) is 10.9. The first kappa shape index (κ1) is 21.5. The number of rotatable bonds is 8. The van der Waals surface area contributed by atoms with Crippen LogP contribution in [0.3, 0.4) is 0 Å². The summed E-state index contributed by atoms with van der Waals surface area (Å²) in [5.41, 5.74) is 3.46. The van der Waals surface area contributed by atoms with Crippen molar-refractivity contribution >= 4 is 28.5 Å². The van der Waals surface area contributed by atoms with Gasteiger partial charge in [0.25, 0.3) is 0 Å². The van der Waals surface area contributed by atoms with E-state index in [0.29, 0.717) is 41.0 Å². The molecule has 0 amide bonds. The van der Waals surface area contributed by atoms with E-state index < -0.39 is 5.97 Å². The zero-order chi connectivity index (χ0) is 21.8. The van der Waals surface area contributed by atoms with Gasteiger partial charge >= 0.3 is 5.97 Å². The maximum Gasteiger partial charge on any atom is 0.339 e. The molecule has 1 aromatic carbocycles. The molecule has 0 unspecified atom stereocenters. The third kappa shape index (κ3) is 4.36. The first-order valence-corrected chi connectivity index (χ1v) is 9.76. The molecule has 0 saturated carbocycles. The van der Waals surface area contributed by atoms with Crippen LogP contribution in [-0.4, -0.2) is 55.7 Å². The lowest BCUT2D eigenvalue weighted by atomic mass is 10.1. The summed E-state index contributed by atoms with van der Waals surface area (Å²) in [5.74, 6) is -0.127. The molecule has 0 fully saturated rings. The van der Waals surface area contributed by atoms with Crippen LogP contribution < -0.4 is 4.90 Å². The fourth-order valence-electron chi connectivity index (χ4n) is 3.46. The number of ketones is 1. The Morgan fingerprint density at radius 1 is 1.10 bits per heavy atom. The smallest absolute Gasteiger partial charge is 0.339 e. The number of aromatic nitrogens is 2. The quantitative estimate of drug-likeness (QED) is 0.419. The highest BCUT2D eigenvalue weighted by atomic mass is 16.5. The zero-order valence-corrected chi connectivity index (χ0v) is 18.1.